The predicted octanol–water partition coefficient (Wildman–Crippen LogP) is 5.62. The Labute approximate surface area is 130 Å². The predicted molar refractivity (Wildman–Crippen MR) is 93.3 cm³/mol. The van der Waals surface area contributed by atoms with Crippen LogP contribution in [-0.4, -0.2) is 0 Å². The molecule has 4 rings (SSSR count). The Morgan fingerprint density at radius 2 is 1.43 bits per heavy atom. The first-order valence-electron chi connectivity index (χ1n) is 6.85. The van der Waals surface area contributed by atoms with Crippen molar-refractivity contribution >= 4 is 29.7 Å². The maximum atomic E-state index is 6.59. The fourth-order valence-electron chi connectivity index (χ4n) is 2.81. The summed E-state index contributed by atoms with van der Waals surface area (Å²) in [5, 5.41) is 4.63. The molecule has 0 radical (unpaired) electrons. The van der Waals surface area contributed by atoms with E-state index in [1.165, 1.54) is 27.6 Å². The summed E-state index contributed by atoms with van der Waals surface area (Å²) in [5.74, 6) is 0. The van der Waals surface area contributed by atoms with Crippen molar-refractivity contribution in [3.8, 4) is 22.3 Å². The summed E-state index contributed by atoms with van der Waals surface area (Å²) in [6, 6.07) is 25.3. The second kappa shape index (κ2) is 5.18. The fraction of sp³-hybridized carbons (Fsp3) is 0. The SMILES string of the molecule is ClP1Nc2ccccc2-c2c(-c3ccccc3)cccc21. The number of rotatable bonds is 1. The van der Waals surface area contributed by atoms with E-state index in [1.807, 2.05) is 12.1 Å². The number of hydrogen-bond donors (Lipinski definition) is 1. The highest BCUT2D eigenvalue weighted by molar-refractivity contribution is 7.91. The molecule has 0 aliphatic carbocycles. The summed E-state index contributed by atoms with van der Waals surface area (Å²) in [6.45, 7) is 0. The van der Waals surface area contributed by atoms with Crippen molar-refractivity contribution in [1.29, 1.82) is 0 Å². The number of benzene rings is 3. The Hall–Kier alpha value is -1.82. The minimum absolute atomic E-state index is 0.878. The van der Waals surface area contributed by atoms with Crippen molar-refractivity contribution in [3.05, 3.63) is 72.8 Å². The highest BCUT2D eigenvalue weighted by Gasteiger charge is 2.25. The lowest BCUT2D eigenvalue weighted by atomic mass is 9.93. The van der Waals surface area contributed by atoms with Crippen molar-refractivity contribution in [3.63, 3.8) is 0 Å². The van der Waals surface area contributed by atoms with Gasteiger partial charge in [0.25, 0.3) is 0 Å². The number of anilines is 1. The maximum Gasteiger partial charge on any atom is 0.119 e. The average molecular weight is 310 g/mol. The number of hydrogen-bond acceptors (Lipinski definition) is 1. The van der Waals surface area contributed by atoms with Crippen LogP contribution >= 0.6 is 18.7 Å². The second-order valence-corrected chi connectivity index (χ2v) is 7.29. The normalized spacial score (nSPS) is 15.8. The molecular formula is C18H13ClNP. The molecule has 0 fully saturated rings. The molecule has 3 aromatic carbocycles. The summed E-state index contributed by atoms with van der Waals surface area (Å²) in [6.07, 6.45) is 0. The van der Waals surface area contributed by atoms with Crippen LogP contribution in [0.15, 0.2) is 72.8 Å². The van der Waals surface area contributed by atoms with Gasteiger partial charge >= 0.3 is 0 Å². The summed E-state index contributed by atoms with van der Waals surface area (Å²) >= 11 is 6.59. The molecule has 3 heteroatoms. The third-order valence-corrected chi connectivity index (χ3v) is 5.79. The van der Waals surface area contributed by atoms with Gasteiger partial charge in [-0.3, -0.25) is 0 Å². The van der Waals surface area contributed by atoms with Crippen molar-refractivity contribution in [2.24, 2.45) is 0 Å². The van der Waals surface area contributed by atoms with Gasteiger partial charge in [-0.2, -0.15) is 0 Å². The summed E-state index contributed by atoms with van der Waals surface area (Å²) in [4.78, 5) is 0. The molecule has 0 saturated carbocycles. The van der Waals surface area contributed by atoms with Gasteiger partial charge in [-0.15, -0.1) is 0 Å². The highest BCUT2D eigenvalue weighted by atomic mass is 35.7. The van der Waals surface area contributed by atoms with Crippen LogP contribution < -0.4 is 10.4 Å². The van der Waals surface area contributed by atoms with Crippen molar-refractivity contribution in [2.75, 3.05) is 5.09 Å². The number of nitrogens with one attached hydrogen (secondary N) is 1. The first-order valence-corrected chi connectivity index (χ1v) is 9.09. The molecule has 0 amide bonds. The van der Waals surface area contributed by atoms with Gasteiger partial charge in [-0.25, -0.2) is 0 Å². The van der Waals surface area contributed by atoms with E-state index in [1.54, 1.807) is 0 Å². The van der Waals surface area contributed by atoms with Gasteiger partial charge in [0.15, 0.2) is 0 Å². The van der Waals surface area contributed by atoms with Crippen LogP contribution in [0.3, 0.4) is 0 Å². The van der Waals surface area contributed by atoms with E-state index in [9.17, 15) is 0 Å². The molecule has 1 N–H and O–H groups in total. The zero-order chi connectivity index (χ0) is 14.2. The molecule has 0 spiro atoms. The molecule has 1 aliphatic rings. The Morgan fingerprint density at radius 1 is 0.714 bits per heavy atom. The quantitative estimate of drug-likeness (QED) is 0.575. The average Bonchev–Trinajstić information content (AvgIpc) is 2.55. The summed E-state index contributed by atoms with van der Waals surface area (Å²) in [5.41, 5.74) is 6.08. The minimum atomic E-state index is -0.878. The van der Waals surface area contributed by atoms with Gasteiger partial charge in [0.05, 0.1) is 0 Å². The smallest absolute Gasteiger partial charge is 0.119 e. The Balaban J connectivity index is 2.04. The molecule has 0 saturated heterocycles. The van der Waals surface area contributed by atoms with E-state index in [-0.39, 0.29) is 0 Å². The van der Waals surface area contributed by atoms with Gasteiger partial charge in [-0.1, -0.05) is 78.0 Å². The van der Waals surface area contributed by atoms with Crippen LogP contribution in [0.5, 0.6) is 0 Å². The highest BCUT2D eigenvalue weighted by Crippen LogP contribution is 2.51. The molecule has 102 valence electrons. The van der Waals surface area contributed by atoms with Gasteiger partial charge in [0.1, 0.15) is 7.43 Å². The minimum Gasteiger partial charge on any atom is -0.348 e. The summed E-state index contributed by atoms with van der Waals surface area (Å²) < 4.78 is 0. The molecule has 1 heterocycles. The van der Waals surface area contributed by atoms with E-state index in [4.69, 9.17) is 11.2 Å². The van der Waals surface area contributed by atoms with E-state index in [0.29, 0.717) is 0 Å². The number of para-hydroxylation sites is 1. The van der Waals surface area contributed by atoms with Crippen LogP contribution in [-0.2, 0) is 0 Å². The van der Waals surface area contributed by atoms with E-state index < -0.39 is 7.43 Å². The van der Waals surface area contributed by atoms with Gasteiger partial charge in [0.2, 0.25) is 0 Å². The molecule has 1 atom stereocenters. The third kappa shape index (κ3) is 2.14. The number of halogens is 1. The van der Waals surface area contributed by atoms with Gasteiger partial charge in [-0.05, 0) is 17.2 Å². The van der Waals surface area contributed by atoms with Gasteiger partial charge < -0.3 is 5.09 Å². The lowest BCUT2D eigenvalue weighted by Gasteiger charge is -2.27. The van der Waals surface area contributed by atoms with E-state index >= 15 is 0 Å². The molecule has 0 bridgehead atoms. The van der Waals surface area contributed by atoms with E-state index in [0.717, 1.165) is 5.69 Å². The maximum absolute atomic E-state index is 6.59. The lowest BCUT2D eigenvalue weighted by molar-refractivity contribution is 1.58. The van der Waals surface area contributed by atoms with Gasteiger partial charge in [0, 0.05) is 22.1 Å². The van der Waals surface area contributed by atoms with Crippen LogP contribution in [0.2, 0.25) is 0 Å². The molecular weight excluding hydrogens is 297 g/mol. The monoisotopic (exact) mass is 309 g/mol. The first-order chi connectivity index (χ1) is 10.3. The summed E-state index contributed by atoms with van der Waals surface area (Å²) in [7, 11) is -0.878. The Kier molecular flexibility index (Phi) is 3.18. The fourth-order valence-corrected chi connectivity index (χ4v) is 4.69. The van der Waals surface area contributed by atoms with Crippen LogP contribution in [0, 0.1) is 0 Å². The third-order valence-electron chi connectivity index (χ3n) is 3.75. The Morgan fingerprint density at radius 3 is 2.29 bits per heavy atom. The number of fused-ring (bicyclic) bond motifs is 3. The van der Waals surface area contributed by atoms with Crippen LogP contribution in [0.25, 0.3) is 22.3 Å². The zero-order valence-corrected chi connectivity index (χ0v) is 12.9. The van der Waals surface area contributed by atoms with Crippen molar-refractivity contribution < 1.29 is 0 Å². The van der Waals surface area contributed by atoms with Crippen LogP contribution in [0.4, 0.5) is 5.69 Å². The topological polar surface area (TPSA) is 12.0 Å². The lowest BCUT2D eigenvalue weighted by Crippen LogP contribution is -2.14. The first kappa shape index (κ1) is 12.9. The standard InChI is InChI=1S/C18H13ClNP/c19-21-17-12-6-10-14(13-7-2-1-3-8-13)18(17)15-9-4-5-11-16(15)20-21/h1-12,20H. The van der Waals surface area contributed by atoms with Crippen LogP contribution in [0.1, 0.15) is 0 Å². The molecule has 0 aromatic heterocycles. The second-order valence-electron chi connectivity index (χ2n) is 5.00. The zero-order valence-electron chi connectivity index (χ0n) is 11.3. The molecule has 1 unspecified atom stereocenters. The molecule has 1 aliphatic heterocycles. The van der Waals surface area contributed by atoms with Crippen molar-refractivity contribution in [2.45, 2.75) is 0 Å². The molecule has 21 heavy (non-hydrogen) atoms. The molecule has 1 nitrogen and oxygen atoms in total. The van der Waals surface area contributed by atoms with Crippen molar-refractivity contribution in [1.82, 2.24) is 0 Å². The van der Waals surface area contributed by atoms with E-state index in [2.05, 4.69) is 65.8 Å². The Bertz CT molecular complexity index is 801. The largest absolute Gasteiger partial charge is 0.348 e. The molecule has 3 aromatic rings.